The average Bonchev–Trinajstić information content (AvgIpc) is 2.78. The Morgan fingerprint density at radius 1 is 1.41 bits per heavy atom. The van der Waals surface area contributed by atoms with E-state index in [9.17, 15) is 9.18 Å². The van der Waals surface area contributed by atoms with Crippen LogP contribution < -0.4 is 5.32 Å². The normalized spacial score (nSPS) is 17.4. The van der Waals surface area contributed by atoms with Gasteiger partial charge in [0.1, 0.15) is 11.4 Å². The van der Waals surface area contributed by atoms with Crippen molar-refractivity contribution in [3.05, 3.63) is 35.6 Å². The van der Waals surface area contributed by atoms with Crippen LogP contribution in [0.25, 0.3) is 0 Å². The minimum absolute atomic E-state index is 0.256. The molecule has 1 aliphatic rings. The summed E-state index contributed by atoms with van der Waals surface area (Å²) < 4.78 is 13.0. The fourth-order valence-corrected chi connectivity index (χ4v) is 2.16. The first-order valence-corrected chi connectivity index (χ1v) is 5.65. The molecule has 4 heteroatoms. The molecule has 0 aromatic heterocycles. The molecular weight excluding hydrogens is 219 g/mol. The Morgan fingerprint density at radius 3 is 2.71 bits per heavy atom. The van der Waals surface area contributed by atoms with Crippen LogP contribution in [0.3, 0.4) is 0 Å². The SMILES string of the molecule is N#CC1(NC(=O)c2cccc(F)c2)CCCC1. The second kappa shape index (κ2) is 4.54. The minimum atomic E-state index is -0.761. The summed E-state index contributed by atoms with van der Waals surface area (Å²) in [7, 11) is 0. The molecule has 1 saturated carbocycles. The third-order valence-corrected chi connectivity index (χ3v) is 3.11. The van der Waals surface area contributed by atoms with E-state index < -0.39 is 11.4 Å². The van der Waals surface area contributed by atoms with Crippen LogP contribution in [0.5, 0.6) is 0 Å². The summed E-state index contributed by atoms with van der Waals surface area (Å²) in [6.45, 7) is 0. The molecule has 0 saturated heterocycles. The van der Waals surface area contributed by atoms with Gasteiger partial charge in [0.25, 0.3) is 5.91 Å². The smallest absolute Gasteiger partial charge is 0.252 e. The van der Waals surface area contributed by atoms with E-state index in [4.69, 9.17) is 5.26 Å². The number of hydrogen-bond acceptors (Lipinski definition) is 2. The number of rotatable bonds is 2. The van der Waals surface area contributed by atoms with E-state index in [-0.39, 0.29) is 11.5 Å². The third kappa shape index (κ3) is 2.44. The Kier molecular flexibility index (Phi) is 3.10. The molecule has 1 N–H and O–H groups in total. The summed E-state index contributed by atoms with van der Waals surface area (Å²) in [5, 5.41) is 11.8. The number of carbonyl (C=O) groups excluding carboxylic acids is 1. The monoisotopic (exact) mass is 232 g/mol. The molecule has 0 atom stereocenters. The molecule has 1 aliphatic carbocycles. The van der Waals surface area contributed by atoms with Gasteiger partial charge in [-0.15, -0.1) is 0 Å². The molecule has 88 valence electrons. The van der Waals surface area contributed by atoms with Crippen molar-refractivity contribution in [1.29, 1.82) is 5.26 Å². The summed E-state index contributed by atoms with van der Waals surface area (Å²) >= 11 is 0. The van der Waals surface area contributed by atoms with Crippen molar-refractivity contribution in [2.24, 2.45) is 0 Å². The first kappa shape index (κ1) is 11.6. The molecule has 0 spiro atoms. The molecule has 1 aromatic carbocycles. The number of nitriles is 1. The Hall–Kier alpha value is -1.89. The van der Waals surface area contributed by atoms with Crippen LogP contribution in [-0.4, -0.2) is 11.4 Å². The fraction of sp³-hybridized carbons (Fsp3) is 0.385. The molecule has 1 aromatic rings. The number of amides is 1. The van der Waals surface area contributed by atoms with Crippen molar-refractivity contribution < 1.29 is 9.18 Å². The predicted molar refractivity (Wildman–Crippen MR) is 60.7 cm³/mol. The van der Waals surface area contributed by atoms with Crippen LogP contribution in [0, 0.1) is 17.1 Å². The third-order valence-electron chi connectivity index (χ3n) is 3.11. The molecule has 0 radical (unpaired) electrons. The minimum Gasteiger partial charge on any atom is -0.334 e. The van der Waals surface area contributed by atoms with E-state index >= 15 is 0 Å². The zero-order chi connectivity index (χ0) is 12.3. The molecule has 0 aliphatic heterocycles. The molecular formula is C13H13FN2O. The van der Waals surface area contributed by atoms with Gasteiger partial charge in [-0.05, 0) is 43.9 Å². The lowest BCUT2D eigenvalue weighted by atomic mass is 9.99. The quantitative estimate of drug-likeness (QED) is 0.851. The van der Waals surface area contributed by atoms with E-state index in [0.717, 1.165) is 12.8 Å². The highest BCUT2D eigenvalue weighted by Gasteiger charge is 2.35. The van der Waals surface area contributed by atoms with Crippen molar-refractivity contribution in [1.82, 2.24) is 5.32 Å². The van der Waals surface area contributed by atoms with Crippen LogP contribution in [-0.2, 0) is 0 Å². The Labute approximate surface area is 99.2 Å². The summed E-state index contributed by atoms with van der Waals surface area (Å²) in [5.74, 6) is -0.831. The Bertz CT molecular complexity index is 473. The van der Waals surface area contributed by atoms with Gasteiger partial charge in [0, 0.05) is 5.56 Å². The van der Waals surface area contributed by atoms with E-state index in [1.165, 1.54) is 18.2 Å². The fourth-order valence-electron chi connectivity index (χ4n) is 2.16. The van der Waals surface area contributed by atoms with Gasteiger partial charge in [0.2, 0.25) is 0 Å². The number of nitrogens with zero attached hydrogens (tertiary/aromatic N) is 1. The lowest BCUT2D eigenvalue weighted by Gasteiger charge is -2.21. The molecule has 3 nitrogen and oxygen atoms in total. The van der Waals surface area contributed by atoms with Crippen LogP contribution in [0.1, 0.15) is 36.0 Å². The lowest BCUT2D eigenvalue weighted by molar-refractivity contribution is 0.0920. The largest absolute Gasteiger partial charge is 0.334 e. The van der Waals surface area contributed by atoms with E-state index in [2.05, 4.69) is 11.4 Å². The molecule has 2 rings (SSSR count). The van der Waals surface area contributed by atoms with Gasteiger partial charge in [0.05, 0.1) is 6.07 Å². The van der Waals surface area contributed by atoms with Crippen LogP contribution in [0.2, 0.25) is 0 Å². The standard InChI is InChI=1S/C13H13FN2O/c14-11-5-3-4-10(8-11)12(17)16-13(9-15)6-1-2-7-13/h3-5,8H,1-2,6-7H2,(H,16,17). The van der Waals surface area contributed by atoms with Crippen molar-refractivity contribution in [2.75, 3.05) is 0 Å². The highest BCUT2D eigenvalue weighted by atomic mass is 19.1. The molecule has 1 amide bonds. The van der Waals surface area contributed by atoms with Gasteiger partial charge >= 0.3 is 0 Å². The number of benzene rings is 1. The zero-order valence-corrected chi connectivity index (χ0v) is 9.37. The maximum absolute atomic E-state index is 13.0. The van der Waals surface area contributed by atoms with Gasteiger partial charge in [0.15, 0.2) is 0 Å². The van der Waals surface area contributed by atoms with E-state index in [1.807, 2.05) is 0 Å². The Morgan fingerprint density at radius 2 is 2.12 bits per heavy atom. The van der Waals surface area contributed by atoms with Gasteiger partial charge in [-0.25, -0.2) is 4.39 Å². The van der Waals surface area contributed by atoms with Gasteiger partial charge < -0.3 is 5.32 Å². The zero-order valence-electron chi connectivity index (χ0n) is 9.37. The number of halogens is 1. The highest BCUT2D eigenvalue weighted by Crippen LogP contribution is 2.29. The molecule has 1 fully saturated rings. The topological polar surface area (TPSA) is 52.9 Å². The van der Waals surface area contributed by atoms with Crippen molar-refractivity contribution in [3.63, 3.8) is 0 Å². The first-order valence-electron chi connectivity index (χ1n) is 5.65. The van der Waals surface area contributed by atoms with Crippen LogP contribution in [0.15, 0.2) is 24.3 Å². The van der Waals surface area contributed by atoms with Crippen LogP contribution in [0.4, 0.5) is 4.39 Å². The molecule has 0 bridgehead atoms. The predicted octanol–water partition coefficient (Wildman–Crippen LogP) is 2.39. The second-order valence-electron chi connectivity index (χ2n) is 4.37. The molecule has 17 heavy (non-hydrogen) atoms. The van der Waals surface area contributed by atoms with Crippen molar-refractivity contribution in [2.45, 2.75) is 31.2 Å². The van der Waals surface area contributed by atoms with Crippen molar-refractivity contribution >= 4 is 5.91 Å². The maximum Gasteiger partial charge on any atom is 0.252 e. The van der Waals surface area contributed by atoms with E-state index in [0.29, 0.717) is 12.8 Å². The number of nitrogens with one attached hydrogen (secondary N) is 1. The molecule has 0 unspecified atom stereocenters. The summed E-state index contributed by atoms with van der Waals surface area (Å²) in [6, 6.07) is 7.65. The van der Waals surface area contributed by atoms with Crippen LogP contribution >= 0.6 is 0 Å². The first-order chi connectivity index (χ1) is 8.15. The second-order valence-corrected chi connectivity index (χ2v) is 4.37. The maximum atomic E-state index is 13.0. The average molecular weight is 232 g/mol. The van der Waals surface area contributed by atoms with Gasteiger partial charge in [-0.1, -0.05) is 6.07 Å². The van der Waals surface area contributed by atoms with Gasteiger partial charge in [-0.3, -0.25) is 4.79 Å². The lowest BCUT2D eigenvalue weighted by Crippen LogP contribution is -2.45. The number of carbonyl (C=O) groups is 1. The summed E-state index contributed by atoms with van der Waals surface area (Å²) in [4.78, 5) is 11.9. The van der Waals surface area contributed by atoms with Gasteiger partial charge in [-0.2, -0.15) is 5.26 Å². The Balaban J connectivity index is 2.14. The summed E-state index contributed by atoms with van der Waals surface area (Å²) in [5.41, 5.74) is -0.504. The van der Waals surface area contributed by atoms with E-state index in [1.54, 1.807) is 6.07 Å². The highest BCUT2D eigenvalue weighted by molar-refractivity contribution is 5.94. The van der Waals surface area contributed by atoms with Crippen molar-refractivity contribution in [3.8, 4) is 6.07 Å². The number of hydrogen-bond donors (Lipinski definition) is 1. The summed E-state index contributed by atoms with van der Waals surface area (Å²) in [6.07, 6.45) is 3.23. The molecule has 0 heterocycles.